The molecule has 6 N–H and O–H groups in total. The monoisotopic (exact) mass is 389 g/mol. The lowest BCUT2D eigenvalue weighted by Gasteiger charge is -2.26. The smallest absolute Gasteiger partial charge is 0.236 e. The summed E-state index contributed by atoms with van der Waals surface area (Å²) in [5.74, 6) is 6.87. The van der Waals surface area contributed by atoms with Crippen LogP contribution in [0.1, 0.15) is 37.4 Å². The van der Waals surface area contributed by atoms with Crippen molar-refractivity contribution in [2.24, 2.45) is 11.8 Å². The van der Waals surface area contributed by atoms with Gasteiger partial charge in [0.25, 0.3) is 0 Å². The number of aromatic amines is 1. The number of nitrogens with zero attached hydrogens (tertiary/aromatic N) is 3. The topological polar surface area (TPSA) is 127 Å². The zero-order valence-electron chi connectivity index (χ0n) is 15.9. The molecule has 0 aliphatic heterocycles. The summed E-state index contributed by atoms with van der Waals surface area (Å²) in [5.41, 5.74) is 12.1. The summed E-state index contributed by atoms with van der Waals surface area (Å²) in [6, 6.07) is 10.2. The second kappa shape index (κ2) is 6.89. The average molecular weight is 389 g/mol. The molecule has 0 atom stereocenters. The molecule has 5 rings (SSSR count). The lowest BCUT2D eigenvalue weighted by atomic mass is 9.81. The number of carbonyl (C=O) groups is 1. The molecule has 1 fully saturated rings. The van der Waals surface area contributed by atoms with Crippen molar-refractivity contribution in [3.05, 3.63) is 48.5 Å². The van der Waals surface area contributed by atoms with Crippen molar-refractivity contribution in [3.8, 4) is 11.4 Å². The van der Waals surface area contributed by atoms with Crippen LogP contribution in [0.25, 0.3) is 27.8 Å². The van der Waals surface area contributed by atoms with Crippen LogP contribution >= 0.6 is 0 Å². The van der Waals surface area contributed by atoms with Gasteiger partial charge in [0, 0.05) is 35.1 Å². The third kappa shape index (κ3) is 2.92. The molecule has 148 valence electrons. The van der Waals surface area contributed by atoms with E-state index in [4.69, 9.17) is 16.6 Å². The number of H-pyrrole nitrogens is 1. The van der Waals surface area contributed by atoms with Crippen molar-refractivity contribution in [1.29, 1.82) is 0 Å². The maximum atomic E-state index is 11.9. The lowest BCUT2D eigenvalue weighted by Crippen LogP contribution is -2.37. The molecule has 8 heteroatoms. The summed E-state index contributed by atoms with van der Waals surface area (Å²) in [6.07, 6.45) is 6.97. The summed E-state index contributed by atoms with van der Waals surface area (Å²) in [7, 11) is 0. The van der Waals surface area contributed by atoms with Crippen molar-refractivity contribution in [2.45, 2.75) is 31.6 Å². The van der Waals surface area contributed by atoms with E-state index in [1.54, 1.807) is 6.20 Å². The molecule has 1 amide bonds. The highest BCUT2D eigenvalue weighted by Crippen LogP contribution is 2.38. The highest BCUT2D eigenvalue weighted by atomic mass is 16.2. The van der Waals surface area contributed by atoms with Crippen LogP contribution in [0, 0.1) is 5.92 Å². The van der Waals surface area contributed by atoms with Crippen molar-refractivity contribution >= 4 is 28.1 Å². The number of nitrogens with one attached hydrogen (secondary N) is 2. The molecule has 3 heterocycles. The Morgan fingerprint density at radius 3 is 2.76 bits per heavy atom. The van der Waals surface area contributed by atoms with Gasteiger partial charge in [0.1, 0.15) is 22.9 Å². The number of amides is 1. The standard InChI is InChI=1S/C21H23N7O/c22-19-18-17(16-11-14-3-1-2-4-15(14)25-16)26-20(28(18)10-9-24-19)12-5-7-13(8-6-12)21(29)27-23/h1-4,9-13,25H,5-8,23H2,(H2,22,24)(H,27,29). The number of nitrogen functional groups attached to an aromatic ring is 1. The first-order valence-electron chi connectivity index (χ1n) is 9.86. The molecule has 8 nitrogen and oxygen atoms in total. The number of aromatic nitrogens is 4. The fourth-order valence-corrected chi connectivity index (χ4v) is 4.50. The van der Waals surface area contributed by atoms with Gasteiger partial charge in [0.2, 0.25) is 5.91 Å². The molecular weight excluding hydrogens is 366 g/mol. The molecule has 3 aromatic heterocycles. The summed E-state index contributed by atoms with van der Waals surface area (Å²) in [4.78, 5) is 24.6. The number of fused-ring (bicyclic) bond motifs is 2. The number of hydrogen-bond donors (Lipinski definition) is 4. The first-order valence-corrected chi connectivity index (χ1v) is 9.86. The van der Waals surface area contributed by atoms with Gasteiger partial charge in [-0.1, -0.05) is 18.2 Å². The molecule has 29 heavy (non-hydrogen) atoms. The van der Waals surface area contributed by atoms with Crippen LogP contribution < -0.4 is 17.0 Å². The SMILES string of the molecule is NNC(=O)C1CCC(c2nc(-c3cc4ccccc4[nH]3)c3c(N)nccn23)CC1. The van der Waals surface area contributed by atoms with Crippen LogP contribution in [0.15, 0.2) is 42.7 Å². The number of rotatable bonds is 3. The van der Waals surface area contributed by atoms with Gasteiger partial charge in [-0.3, -0.25) is 14.6 Å². The molecule has 0 unspecified atom stereocenters. The largest absolute Gasteiger partial charge is 0.382 e. The number of anilines is 1. The van der Waals surface area contributed by atoms with Gasteiger partial charge in [-0.25, -0.2) is 15.8 Å². The van der Waals surface area contributed by atoms with E-state index in [0.29, 0.717) is 5.82 Å². The van der Waals surface area contributed by atoms with Gasteiger partial charge in [0.05, 0.1) is 5.69 Å². The Labute approximate surface area is 167 Å². The summed E-state index contributed by atoms with van der Waals surface area (Å²) in [6.45, 7) is 0. The van der Waals surface area contributed by atoms with E-state index in [-0.39, 0.29) is 17.7 Å². The van der Waals surface area contributed by atoms with Gasteiger partial charge in [-0.05, 0) is 37.8 Å². The molecular formula is C21H23N7O. The van der Waals surface area contributed by atoms with Gasteiger partial charge in [0.15, 0.2) is 0 Å². The summed E-state index contributed by atoms with van der Waals surface area (Å²) in [5, 5.41) is 1.13. The predicted molar refractivity (Wildman–Crippen MR) is 112 cm³/mol. The van der Waals surface area contributed by atoms with E-state index in [9.17, 15) is 4.79 Å². The minimum Gasteiger partial charge on any atom is -0.382 e. The highest BCUT2D eigenvalue weighted by Gasteiger charge is 2.30. The Morgan fingerprint density at radius 2 is 2.00 bits per heavy atom. The quantitative estimate of drug-likeness (QED) is 0.243. The first-order chi connectivity index (χ1) is 14.2. The summed E-state index contributed by atoms with van der Waals surface area (Å²) < 4.78 is 2.05. The van der Waals surface area contributed by atoms with Crippen LogP contribution in [-0.4, -0.2) is 25.3 Å². The van der Waals surface area contributed by atoms with Gasteiger partial charge in [-0.15, -0.1) is 0 Å². The van der Waals surface area contributed by atoms with Crippen molar-refractivity contribution < 1.29 is 4.79 Å². The zero-order chi connectivity index (χ0) is 20.0. The molecule has 0 spiro atoms. The van der Waals surface area contributed by atoms with Gasteiger partial charge in [-0.2, -0.15) is 0 Å². The number of hydrazine groups is 1. The second-order valence-corrected chi connectivity index (χ2v) is 7.68. The zero-order valence-corrected chi connectivity index (χ0v) is 15.9. The van der Waals surface area contributed by atoms with Crippen LogP contribution in [-0.2, 0) is 4.79 Å². The number of para-hydroxylation sites is 1. The Kier molecular flexibility index (Phi) is 4.21. The second-order valence-electron chi connectivity index (χ2n) is 7.68. The Morgan fingerprint density at radius 1 is 1.21 bits per heavy atom. The van der Waals surface area contributed by atoms with E-state index < -0.39 is 0 Å². The van der Waals surface area contributed by atoms with Crippen molar-refractivity contribution in [1.82, 2.24) is 24.8 Å². The molecule has 0 saturated heterocycles. The fraction of sp³-hybridized carbons (Fsp3) is 0.286. The molecule has 1 aromatic carbocycles. The molecule has 1 saturated carbocycles. The number of benzene rings is 1. The Bertz CT molecular complexity index is 1170. The minimum absolute atomic E-state index is 0.0256. The lowest BCUT2D eigenvalue weighted by molar-refractivity contribution is -0.126. The Balaban J connectivity index is 1.57. The number of imidazole rings is 1. The maximum absolute atomic E-state index is 11.9. The van der Waals surface area contributed by atoms with E-state index in [2.05, 4.69) is 31.9 Å². The van der Waals surface area contributed by atoms with Crippen molar-refractivity contribution in [3.63, 3.8) is 0 Å². The Hall–Kier alpha value is -3.39. The van der Waals surface area contributed by atoms with Gasteiger partial charge < -0.3 is 10.7 Å². The predicted octanol–water partition coefficient (Wildman–Crippen LogP) is 2.72. The number of carbonyl (C=O) groups excluding carboxylic acids is 1. The average Bonchev–Trinajstić information content (AvgIpc) is 3.35. The summed E-state index contributed by atoms with van der Waals surface area (Å²) >= 11 is 0. The number of nitrogens with two attached hydrogens (primary N) is 2. The molecule has 1 aliphatic carbocycles. The molecule has 4 aromatic rings. The third-order valence-corrected chi connectivity index (χ3v) is 6.00. The molecule has 0 radical (unpaired) electrons. The molecule has 0 bridgehead atoms. The van der Waals surface area contributed by atoms with Gasteiger partial charge >= 0.3 is 0 Å². The van der Waals surface area contributed by atoms with E-state index >= 15 is 0 Å². The van der Waals surface area contributed by atoms with Crippen LogP contribution in [0.5, 0.6) is 0 Å². The first kappa shape index (κ1) is 17.7. The maximum Gasteiger partial charge on any atom is 0.236 e. The van der Waals surface area contributed by atoms with E-state index in [1.807, 2.05) is 24.4 Å². The van der Waals surface area contributed by atoms with E-state index in [1.165, 1.54) is 0 Å². The third-order valence-electron chi connectivity index (χ3n) is 6.00. The molecule has 1 aliphatic rings. The highest BCUT2D eigenvalue weighted by molar-refractivity contribution is 5.91. The number of hydrogen-bond acceptors (Lipinski definition) is 5. The normalized spacial score (nSPS) is 19.6. The van der Waals surface area contributed by atoms with Crippen LogP contribution in [0.3, 0.4) is 0 Å². The van der Waals surface area contributed by atoms with Crippen LogP contribution in [0.2, 0.25) is 0 Å². The van der Waals surface area contributed by atoms with Crippen molar-refractivity contribution in [2.75, 3.05) is 5.73 Å². The fourth-order valence-electron chi connectivity index (χ4n) is 4.50. The van der Waals surface area contributed by atoms with E-state index in [0.717, 1.165) is 59.3 Å². The minimum atomic E-state index is -0.0800. The van der Waals surface area contributed by atoms with Crippen LogP contribution in [0.4, 0.5) is 5.82 Å².